The number of ether oxygens (including phenoxy) is 1. The highest BCUT2D eigenvalue weighted by Gasteiger charge is 2.32. The molecule has 3 rings (SSSR count). The fourth-order valence-corrected chi connectivity index (χ4v) is 3.85. The number of carbonyl (C=O) groups excluding carboxylic acids is 2. The van der Waals surface area contributed by atoms with Crippen molar-refractivity contribution in [2.75, 3.05) is 12.4 Å². The number of rotatable bonds is 5. The van der Waals surface area contributed by atoms with Crippen molar-refractivity contribution in [3.05, 3.63) is 76.5 Å². The van der Waals surface area contributed by atoms with E-state index in [2.05, 4.69) is 29.8 Å². The van der Waals surface area contributed by atoms with E-state index in [4.69, 9.17) is 17.0 Å². The van der Waals surface area contributed by atoms with E-state index in [1.165, 1.54) is 7.11 Å². The molecule has 30 heavy (non-hydrogen) atoms. The zero-order chi connectivity index (χ0) is 21.8. The minimum atomic E-state index is -0.597. The molecule has 0 aliphatic carbocycles. The van der Waals surface area contributed by atoms with Crippen LogP contribution in [-0.4, -0.2) is 24.1 Å². The second-order valence-corrected chi connectivity index (χ2v) is 7.75. The molecule has 0 saturated heterocycles. The number of hydrogen-bond acceptors (Lipinski definition) is 4. The zero-order valence-corrected chi connectivity index (χ0v) is 18.2. The Labute approximate surface area is 181 Å². The van der Waals surface area contributed by atoms with Gasteiger partial charge in [-0.2, -0.15) is 0 Å². The molecule has 1 amide bonds. The van der Waals surface area contributed by atoms with Gasteiger partial charge in [-0.1, -0.05) is 50.2 Å². The van der Waals surface area contributed by atoms with Gasteiger partial charge >= 0.3 is 5.97 Å². The third-order valence-corrected chi connectivity index (χ3v) is 5.24. The lowest BCUT2D eigenvalue weighted by atomic mass is 9.91. The van der Waals surface area contributed by atoms with Crippen molar-refractivity contribution in [1.82, 2.24) is 10.6 Å². The van der Waals surface area contributed by atoms with Gasteiger partial charge < -0.3 is 20.7 Å². The maximum Gasteiger partial charge on any atom is 0.338 e. The molecular weight excluding hydrogens is 398 g/mol. The fourth-order valence-electron chi connectivity index (χ4n) is 3.58. The van der Waals surface area contributed by atoms with Gasteiger partial charge in [-0.05, 0) is 48.3 Å². The number of thiocarbonyl (C=S) groups is 1. The lowest BCUT2D eigenvalue weighted by Crippen LogP contribution is -2.46. The summed E-state index contributed by atoms with van der Waals surface area (Å²) >= 11 is 5.32. The van der Waals surface area contributed by atoms with E-state index in [1.807, 2.05) is 30.3 Å². The first-order valence-electron chi connectivity index (χ1n) is 9.69. The van der Waals surface area contributed by atoms with Gasteiger partial charge in [0.25, 0.3) is 5.91 Å². The second kappa shape index (κ2) is 9.09. The molecule has 0 saturated carbocycles. The second-order valence-electron chi connectivity index (χ2n) is 7.35. The van der Waals surface area contributed by atoms with Crippen molar-refractivity contribution in [3.63, 3.8) is 0 Å². The Hall–Kier alpha value is -3.19. The maximum atomic E-state index is 13.4. The minimum absolute atomic E-state index is 0.252. The Kier molecular flexibility index (Phi) is 6.52. The number of allylic oxidation sites excluding steroid dienone is 1. The average Bonchev–Trinajstić information content (AvgIpc) is 2.72. The first-order valence-corrected chi connectivity index (χ1v) is 10.1. The van der Waals surface area contributed by atoms with Gasteiger partial charge in [0.2, 0.25) is 0 Å². The summed E-state index contributed by atoms with van der Waals surface area (Å²) in [5.41, 5.74) is 3.88. The summed E-state index contributed by atoms with van der Waals surface area (Å²) in [7, 11) is 1.33. The average molecular weight is 424 g/mol. The number of nitrogens with one attached hydrogen (secondary N) is 3. The molecule has 2 aromatic rings. The summed E-state index contributed by atoms with van der Waals surface area (Å²) in [6, 6.07) is 14.2. The van der Waals surface area contributed by atoms with Crippen molar-refractivity contribution in [3.8, 4) is 0 Å². The number of amides is 1. The van der Waals surface area contributed by atoms with Crippen molar-refractivity contribution in [1.29, 1.82) is 0 Å². The van der Waals surface area contributed by atoms with Crippen LogP contribution in [0.15, 0.2) is 59.8 Å². The first-order chi connectivity index (χ1) is 14.3. The molecule has 1 heterocycles. The van der Waals surface area contributed by atoms with Crippen molar-refractivity contribution in [2.24, 2.45) is 0 Å². The van der Waals surface area contributed by atoms with Crippen LogP contribution in [0.5, 0.6) is 0 Å². The van der Waals surface area contributed by atoms with Crippen LogP contribution in [-0.2, 0) is 9.53 Å². The molecule has 1 aliphatic heterocycles. The van der Waals surface area contributed by atoms with Gasteiger partial charge in [0.1, 0.15) is 0 Å². The lowest BCUT2D eigenvalue weighted by molar-refractivity contribution is -0.113. The van der Waals surface area contributed by atoms with Crippen LogP contribution in [0.25, 0.3) is 0 Å². The summed E-state index contributed by atoms with van der Waals surface area (Å²) < 4.78 is 4.92. The lowest BCUT2D eigenvalue weighted by Gasteiger charge is -2.31. The van der Waals surface area contributed by atoms with Crippen molar-refractivity contribution >= 4 is 34.9 Å². The fraction of sp³-hybridized carbons (Fsp3) is 0.261. The smallest absolute Gasteiger partial charge is 0.338 e. The maximum absolute atomic E-state index is 13.4. The quantitative estimate of drug-likeness (QED) is 0.498. The summed E-state index contributed by atoms with van der Waals surface area (Å²) in [4.78, 5) is 25.7. The van der Waals surface area contributed by atoms with Crippen LogP contribution in [0.1, 0.15) is 54.2 Å². The van der Waals surface area contributed by atoms with E-state index >= 15 is 0 Å². The number of anilines is 1. The molecule has 6 nitrogen and oxygen atoms in total. The summed E-state index contributed by atoms with van der Waals surface area (Å²) in [6.07, 6.45) is 0. The Balaban J connectivity index is 2.04. The first kappa shape index (κ1) is 21.5. The molecule has 2 aromatic carbocycles. The highest BCUT2D eigenvalue weighted by atomic mass is 32.1. The van der Waals surface area contributed by atoms with Crippen molar-refractivity contribution in [2.45, 2.75) is 32.7 Å². The van der Waals surface area contributed by atoms with Crippen LogP contribution in [0, 0.1) is 0 Å². The predicted octanol–water partition coefficient (Wildman–Crippen LogP) is 4.03. The van der Waals surface area contributed by atoms with Crippen LogP contribution in [0.4, 0.5) is 5.69 Å². The molecule has 1 aliphatic rings. The molecule has 7 heteroatoms. The number of carbonyl (C=O) groups is 2. The molecule has 0 fully saturated rings. The Morgan fingerprint density at radius 2 is 1.77 bits per heavy atom. The normalized spacial score (nSPS) is 16.0. The monoisotopic (exact) mass is 423 g/mol. The number of benzene rings is 2. The largest absolute Gasteiger partial charge is 0.465 e. The van der Waals surface area contributed by atoms with E-state index < -0.39 is 12.0 Å². The van der Waals surface area contributed by atoms with E-state index in [-0.39, 0.29) is 11.8 Å². The molecule has 0 unspecified atom stereocenters. The minimum Gasteiger partial charge on any atom is -0.465 e. The van der Waals surface area contributed by atoms with Gasteiger partial charge in [0, 0.05) is 11.4 Å². The highest BCUT2D eigenvalue weighted by molar-refractivity contribution is 7.80. The summed E-state index contributed by atoms with van der Waals surface area (Å²) in [6.45, 7) is 5.95. The van der Waals surface area contributed by atoms with E-state index in [0.717, 1.165) is 11.3 Å². The van der Waals surface area contributed by atoms with Crippen LogP contribution < -0.4 is 16.0 Å². The van der Waals surface area contributed by atoms with E-state index in [9.17, 15) is 9.59 Å². The third-order valence-electron chi connectivity index (χ3n) is 5.02. The van der Waals surface area contributed by atoms with Gasteiger partial charge in [0.15, 0.2) is 5.11 Å². The Morgan fingerprint density at radius 1 is 1.10 bits per heavy atom. The number of esters is 1. The molecule has 0 bridgehead atoms. The van der Waals surface area contributed by atoms with Gasteiger partial charge in [0.05, 0.1) is 24.3 Å². The molecule has 156 valence electrons. The molecule has 3 N–H and O–H groups in total. The SMILES string of the molecule is COC(=O)c1ccccc1[C@H]1NC(=S)NC(C)=C1C(=O)Nc1ccccc1C(C)C. The Morgan fingerprint density at radius 3 is 2.47 bits per heavy atom. The number of hydrogen-bond donors (Lipinski definition) is 3. The molecule has 0 aromatic heterocycles. The van der Waals surface area contributed by atoms with Crippen LogP contribution >= 0.6 is 12.2 Å². The number of para-hydroxylation sites is 1. The summed E-state index contributed by atoms with van der Waals surface area (Å²) in [5, 5.41) is 9.57. The van der Waals surface area contributed by atoms with E-state index in [0.29, 0.717) is 27.5 Å². The standard InChI is InChI=1S/C23H25N3O3S/c1-13(2)15-9-7-8-12-18(15)25-21(27)19-14(3)24-23(30)26-20(19)16-10-5-6-11-17(16)22(28)29-4/h5-13,20H,1-4H3,(H,25,27)(H2,24,26,30)/t20-/m1/s1. The highest BCUT2D eigenvalue weighted by Crippen LogP contribution is 2.31. The molecule has 0 radical (unpaired) electrons. The third kappa shape index (κ3) is 4.36. The van der Waals surface area contributed by atoms with Crippen LogP contribution in [0.2, 0.25) is 0 Å². The van der Waals surface area contributed by atoms with Gasteiger partial charge in [-0.3, -0.25) is 4.79 Å². The topological polar surface area (TPSA) is 79.5 Å². The molecular formula is C23H25N3O3S. The molecule has 0 spiro atoms. The predicted molar refractivity (Wildman–Crippen MR) is 121 cm³/mol. The summed E-state index contributed by atoms with van der Waals surface area (Å²) in [5.74, 6) is -0.491. The zero-order valence-electron chi connectivity index (χ0n) is 17.4. The Bertz CT molecular complexity index is 1030. The van der Waals surface area contributed by atoms with E-state index in [1.54, 1.807) is 25.1 Å². The molecule has 1 atom stereocenters. The van der Waals surface area contributed by atoms with Crippen molar-refractivity contribution < 1.29 is 14.3 Å². The van der Waals surface area contributed by atoms with Gasteiger partial charge in [-0.15, -0.1) is 0 Å². The van der Waals surface area contributed by atoms with Crippen LogP contribution in [0.3, 0.4) is 0 Å². The van der Waals surface area contributed by atoms with Gasteiger partial charge in [-0.25, -0.2) is 4.79 Å². The number of methoxy groups -OCH3 is 1.